The number of hydrogen-bond acceptors (Lipinski definition) is 5. The lowest BCUT2D eigenvalue weighted by molar-refractivity contribution is 0.669. The average molecular weight is 883 g/mol. The first-order valence-electron chi connectivity index (χ1n) is 23.2. The van der Waals surface area contributed by atoms with E-state index in [1.54, 1.807) is 0 Å². The van der Waals surface area contributed by atoms with Gasteiger partial charge in [-0.25, -0.2) is 15.0 Å². The van der Waals surface area contributed by atoms with E-state index in [1.165, 1.54) is 21.9 Å². The zero-order valence-corrected chi connectivity index (χ0v) is 37.0. The minimum Gasteiger partial charge on any atom is -0.456 e. The number of benzene rings is 10. The summed E-state index contributed by atoms with van der Waals surface area (Å²) in [6.45, 7) is 0. The third-order valence-corrected chi connectivity index (χ3v) is 13.5. The highest BCUT2D eigenvalue weighted by molar-refractivity contribution is 6.17. The maximum absolute atomic E-state index is 6.62. The summed E-state index contributed by atoms with van der Waals surface area (Å²) in [5, 5.41) is 6.65. The molecule has 6 nitrogen and oxygen atoms in total. The Morgan fingerprint density at radius 1 is 0.275 bits per heavy atom. The Balaban J connectivity index is 0.897. The Kier molecular flexibility index (Phi) is 8.79. The second-order valence-corrected chi connectivity index (χ2v) is 17.5. The van der Waals surface area contributed by atoms with E-state index in [4.69, 9.17) is 23.8 Å². The summed E-state index contributed by atoms with van der Waals surface area (Å²) in [7, 11) is 0. The second-order valence-electron chi connectivity index (χ2n) is 17.5. The molecule has 0 aliphatic heterocycles. The van der Waals surface area contributed by atoms with Crippen molar-refractivity contribution in [2.45, 2.75) is 0 Å². The number of nitrogens with zero attached hydrogens (tertiary/aromatic N) is 4. The molecule has 0 N–H and O–H groups in total. The Labute approximate surface area is 396 Å². The van der Waals surface area contributed by atoms with Gasteiger partial charge in [0.2, 0.25) is 0 Å². The van der Waals surface area contributed by atoms with E-state index >= 15 is 0 Å². The first-order valence-corrected chi connectivity index (χ1v) is 23.2. The summed E-state index contributed by atoms with van der Waals surface area (Å²) in [6.07, 6.45) is 0. The van der Waals surface area contributed by atoms with Gasteiger partial charge in [-0.1, -0.05) is 164 Å². The molecule has 14 aromatic rings. The van der Waals surface area contributed by atoms with Crippen LogP contribution >= 0.6 is 0 Å². The van der Waals surface area contributed by atoms with Gasteiger partial charge in [-0.3, -0.25) is 0 Å². The predicted molar refractivity (Wildman–Crippen MR) is 281 cm³/mol. The number of rotatable bonds is 7. The van der Waals surface area contributed by atoms with E-state index in [1.807, 2.05) is 60.7 Å². The lowest BCUT2D eigenvalue weighted by atomic mass is 9.95. The van der Waals surface area contributed by atoms with Crippen molar-refractivity contribution in [2.24, 2.45) is 0 Å². The van der Waals surface area contributed by atoms with Crippen LogP contribution in [0.1, 0.15) is 0 Å². The molecule has 0 unspecified atom stereocenters. The van der Waals surface area contributed by atoms with Gasteiger partial charge in [-0.05, 0) is 100 Å². The number of fused-ring (bicyclic) bond motifs is 9. The molecule has 0 saturated heterocycles. The molecule has 0 aliphatic rings. The van der Waals surface area contributed by atoms with Crippen LogP contribution in [0.4, 0.5) is 0 Å². The first kappa shape index (κ1) is 38.8. The van der Waals surface area contributed by atoms with Gasteiger partial charge in [0.05, 0.1) is 11.0 Å². The van der Waals surface area contributed by atoms with Crippen LogP contribution in [0, 0.1) is 0 Å². The Morgan fingerprint density at radius 2 is 0.754 bits per heavy atom. The molecule has 0 spiro atoms. The molecule has 0 amide bonds. The number of hydrogen-bond donors (Lipinski definition) is 0. The van der Waals surface area contributed by atoms with Crippen LogP contribution in [0.15, 0.2) is 239 Å². The molecule has 0 atom stereocenters. The fraction of sp³-hybridized carbons (Fsp3) is 0. The maximum atomic E-state index is 6.62. The van der Waals surface area contributed by atoms with Crippen molar-refractivity contribution in [1.29, 1.82) is 0 Å². The standard InChI is InChI=1S/C63H38N4O2/c1-4-15-39(16-5-1)42-29-32-54-50(36-42)49-23-10-11-26-53(49)67(54)46-31-34-56-52(38-46)60-48(25-14-28-58(60)69-56)44-30-33-55-51(37-44)59-47(24-13-27-57(59)68-55)43-21-12-22-45(35-43)63-65-61(40-17-6-2-7-18-40)64-62(66-63)41-19-8-3-9-20-41/h1-38H. The van der Waals surface area contributed by atoms with E-state index in [0.29, 0.717) is 17.5 Å². The zero-order chi connectivity index (χ0) is 45.4. The van der Waals surface area contributed by atoms with Gasteiger partial charge in [0.1, 0.15) is 22.3 Å². The molecule has 0 fully saturated rings. The molecule has 0 aliphatic carbocycles. The monoisotopic (exact) mass is 882 g/mol. The molecule has 69 heavy (non-hydrogen) atoms. The summed E-state index contributed by atoms with van der Waals surface area (Å²) in [5.41, 5.74) is 16.1. The normalized spacial score (nSPS) is 11.8. The molecule has 0 saturated carbocycles. The van der Waals surface area contributed by atoms with Gasteiger partial charge < -0.3 is 13.4 Å². The quantitative estimate of drug-likeness (QED) is 0.159. The molecule has 322 valence electrons. The first-order chi connectivity index (χ1) is 34.2. The number of para-hydroxylation sites is 1. The van der Waals surface area contributed by atoms with Gasteiger partial charge in [-0.2, -0.15) is 0 Å². The van der Waals surface area contributed by atoms with Crippen molar-refractivity contribution in [1.82, 2.24) is 19.5 Å². The van der Waals surface area contributed by atoms with Crippen LogP contribution in [0.25, 0.3) is 139 Å². The maximum Gasteiger partial charge on any atom is 0.164 e. The molecular formula is C63H38N4O2. The lowest BCUT2D eigenvalue weighted by Gasteiger charge is -2.10. The van der Waals surface area contributed by atoms with Gasteiger partial charge in [-0.15, -0.1) is 0 Å². The van der Waals surface area contributed by atoms with Crippen molar-refractivity contribution in [3.63, 3.8) is 0 Å². The summed E-state index contributed by atoms with van der Waals surface area (Å²) in [6, 6.07) is 80.4. The van der Waals surface area contributed by atoms with E-state index in [2.05, 4.69) is 174 Å². The van der Waals surface area contributed by atoms with Crippen molar-refractivity contribution in [3.05, 3.63) is 231 Å². The molecular weight excluding hydrogens is 845 g/mol. The largest absolute Gasteiger partial charge is 0.456 e. The van der Waals surface area contributed by atoms with Crippen LogP contribution in [0.3, 0.4) is 0 Å². The van der Waals surface area contributed by atoms with Crippen LogP contribution in [0.5, 0.6) is 0 Å². The minimum atomic E-state index is 0.606. The SMILES string of the molecule is c1ccc(-c2ccc3c(c2)c2ccccc2n3-c2ccc3oc4cccc(-c5ccc6oc7cccc(-c8cccc(-c9nc(-c%10ccccc%10)nc(-c%10ccccc%10)n9)c8)c7c6c5)c4c3c2)cc1. The van der Waals surface area contributed by atoms with Crippen LogP contribution < -0.4 is 0 Å². The molecule has 0 bridgehead atoms. The third-order valence-electron chi connectivity index (χ3n) is 13.5. The Bertz CT molecular complexity index is 4250. The summed E-state index contributed by atoms with van der Waals surface area (Å²) in [4.78, 5) is 15.0. The predicted octanol–water partition coefficient (Wildman–Crippen LogP) is 16.8. The fourth-order valence-corrected chi connectivity index (χ4v) is 10.3. The highest BCUT2D eigenvalue weighted by Gasteiger charge is 2.20. The molecule has 4 aromatic heterocycles. The lowest BCUT2D eigenvalue weighted by Crippen LogP contribution is -2.00. The molecule has 6 heteroatoms. The summed E-state index contributed by atoms with van der Waals surface area (Å²) < 4.78 is 15.6. The van der Waals surface area contributed by atoms with Crippen molar-refractivity contribution < 1.29 is 8.83 Å². The van der Waals surface area contributed by atoms with Crippen LogP contribution in [-0.4, -0.2) is 19.5 Å². The van der Waals surface area contributed by atoms with Gasteiger partial charge in [0, 0.05) is 54.7 Å². The third kappa shape index (κ3) is 6.45. The average Bonchev–Trinajstić information content (AvgIpc) is 4.10. The van der Waals surface area contributed by atoms with Crippen LogP contribution in [0.2, 0.25) is 0 Å². The number of aromatic nitrogens is 4. The Hall–Kier alpha value is -9.39. The minimum absolute atomic E-state index is 0.606. The van der Waals surface area contributed by atoms with Gasteiger partial charge in [0.15, 0.2) is 17.5 Å². The molecule has 10 aromatic carbocycles. The van der Waals surface area contributed by atoms with E-state index in [0.717, 1.165) is 99.5 Å². The molecule has 0 radical (unpaired) electrons. The summed E-state index contributed by atoms with van der Waals surface area (Å²) in [5.74, 6) is 1.86. The van der Waals surface area contributed by atoms with Gasteiger partial charge >= 0.3 is 0 Å². The van der Waals surface area contributed by atoms with Crippen molar-refractivity contribution in [2.75, 3.05) is 0 Å². The second kappa shape index (κ2) is 15.6. The molecule has 4 heterocycles. The fourth-order valence-electron chi connectivity index (χ4n) is 10.3. The van der Waals surface area contributed by atoms with E-state index in [-0.39, 0.29) is 0 Å². The van der Waals surface area contributed by atoms with Crippen molar-refractivity contribution >= 4 is 65.7 Å². The topological polar surface area (TPSA) is 69.9 Å². The van der Waals surface area contributed by atoms with Crippen molar-refractivity contribution in [3.8, 4) is 73.2 Å². The number of furan rings is 2. The summed E-state index contributed by atoms with van der Waals surface area (Å²) >= 11 is 0. The van der Waals surface area contributed by atoms with E-state index in [9.17, 15) is 0 Å². The van der Waals surface area contributed by atoms with Gasteiger partial charge in [0.25, 0.3) is 0 Å². The molecule has 14 rings (SSSR count). The zero-order valence-electron chi connectivity index (χ0n) is 37.0. The smallest absolute Gasteiger partial charge is 0.164 e. The highest BCUT2D eigenvalue weighted by atomic mass is 16.3. The van der Waals surface area contributed by atoms with E-state index < -0.39 is 0 Å². The van der Waals surface area contributed by atoms with Crippen LogP contribution in [-0.2, 0) is 0 Å². The Morgan fingerprint density at radius 3 is 1.42 bits per heavy atom. The highest BCUT2D eigenvalue weighted by Crippen LogP contribution is 2.43.